The van der Waals surface area contributed by atoms with Crippen LogP contribution in [0.1, 0.15) is 61.4 Å². The molecule has 4 unspecified atom stereocenters. The van der Waals surface area contributed by atoms with Gasteiger partial charge in [0.05, 0.1) is 17.8 Å². The van der Waals surface area contributed by atoms with E-state index in [-0.39, 0.29) is 6.10 Å². The number of rotatable bonds is 10. The second kappa shape index (κ2) is 9.17. The number of oxime groups is 1. The molecule has 26 heavy (non-hydrogen) atoms. The van der Waals surface area contributed by atoms with E-state index in [2.05, 4.69) is 12.1 Å². The molecule has 3 rings (SSSR count). The third-order valence-corrected chi connectivity index (χ3v) is 5.60. The minimum absolute atomic E-state index is 0.280. The number of fused-ring (bicyclic) bond motifs is 2. The molecule has 0 radical (unpaired) electrons. The fourth-order valence-corrected chi connectivity index (χ4v) is 4.13. The highest BCUT2D eigenvalue weighted by molar-refractivity contribution is 5.87. The van der Waals surface area contributed by atoms with Crippen LogP contribution in [-0.2, 0) is 16.0 Å². The van der Waals surface area contributed by atoms with Gasteiger partial charge in [0.15, 0.2) is 0 Å². The normalized spacial score (nSPS) is 27.3. The van der Waals surface area contributed by atoms with E-state index in [1.54, 1.807) is 12.1 Å². The molecule has 2 aliphatic rings. The van der Waals surface area contributed by atoms with E-state index in [9.17, 15) is 4.79 Å². The van der Waals surface area contributed by atoms with Crippen molar-refractivity contribution in [2.75, 3.05) is 6.61 Å². The van der Waals surface area contributed by atoms with Gasteiger partial charge in [-0.2, -0.15) is 0 Å². The summed E-state index contributed by atoms with van der Waals surface area (Å²) in [6, 6.07) is 7.19. The van der Waals surface area contributed by atoms with Crippen LogP contribution in [0.15, 0.2) is 29.4 Å². The SMILES string of the molecule is CCCCCO/N=C/C1C2CCC(O2)C1CCc1ccc(C(=O)O)cc1. The summed E-state index contributed by atoms with van der Waals surface area (Å²) in [7, 11) is 0. The third-order valence-electron chi connectivity index (χ3n) is 5.60. The third kappa shape index (κ3) is 4.64. The standard InChI is InChI=1S/C21H29NO4/c1-2-3-4-13-25-22-14-18-17(19-11-12-20(18)26-19)10-7-15-5-8-16(9-6-15)21(23)24/h5-6,8-9,14,17-20H,2-4,7,10-13H2,1H3,(H,23,24)/b22-14+. The first-order chi connectivity index (χ1) is 12.7. The van der Waals surface area contributed by atoms with Crippen LogP contribution in [0.2, 0.25) is 0 Å². The number of hydrogen-bond acceptors (Lipinski definition) is 4. The summed E-state index contributed by atoms with van der Waals surface area (Å²) >= 11 is 0. The maximum absolute atomic E-state index is 10.9. The summed E-state index contributed by atoms with van der Waals surface area (Å²) in [5.41, 5.74) is 1.51. The van der Waals surface area contributed by atoms with E-state index < -0.39 is 5.97 Å². The first-order valence-corrected chi connectivity index (χ1v) is 9.82. The summed E-state index contributed by atoms with van der Waals surface area (Å²) in [5.74, 6) is -0.0811. The first-order valence-electron chi connectivity index (χ1n) is 9.82. The van der Waals surface area contributed by atoms with Crippen LogP contribution in [0.3, 0.4) is 0 Å². The second-order valence-electron chi connectivity index (χ2n) is 7.37. The minimum atomic E-state index is -0.881. The number of ether oxygens (including phenoxy) is 1. The van der Waals surface area contributed by atoms with Gasteiger partial charge in [0.2, 0.25) is 0 Å². The van der Waals surface area contributed by atoms with E-state index in [4.69, 9.17) is 14.7 Å². The predicted octanol–water partition coefficient (Wildman–Crippen LogP) is 4.30. The Morgan fingerprint density at radius 1 is 1.27 bits per heavy atom. The predicted molar refractivity (Wildman–Crippen MR) is 101 cm³/mol. The molecule has 2 heterocycles. The number of benzene rings is 1. The second-order valence-corrected chi connectivity index (χ2v) is 7.37. The Kier molecular flexibility index (Phi) is 6.67. The topological polar surface area (TPSA) is 68.1 Å². The molecule has 5 heteroatoms. The van der Waals surface area contributed by atoms with Gasteiger partial charge in [0.25, 0.3) is 0 Å². The van der Waals surface area contributed by atoms with Gasteiger partial charge in [-0.25, -0.2) is 4.79 Å². The molecule has 0 aliphatic carbocycles. The Bertz CT molecular complexity index is 613. The molecule has 0 saturated carbocycles. The van der Waals surface area contributed by atoms with Crippen LogP contribution in [0.5, 0.6) is 0 Å². The summed E-state index contributed by atoms with van der Waals surface area (Å²) in [6.07, 6.45) is 10.2. The molecule has 1 aromatic carbocycles. The maximum Gasteiger partial charge on any atom is 0.335 e. The lowest BCUT2D eigenvalue weighted by Crippen LogP contribution is -2.28. The number of carboxylic acids is 1. The number of hydrogen-bond donors (Lipinski definition) is 1. The summed E-state index contributed by atoms with van der Waals surface area (Å²) < 4.78 is 6.11. The molecular weight excluding hydrogens is 330 g/mol. The molecule has 5 nitrogen and oxygen atoms in total. The smallest absolute Gasteiger partial charge is 0.335 e. The van der Waals surface area contributed by atoms with Crippen molar-refractivity contribution in [1.29, 1.82) is 0 Å². The van der Waals surface area contributed by atoms with Gasteiger partial charge < -0.3 is 14.7 Å². The van der Waals surface area contributed by atoms with E-state index in [0.29, 0.717) is 30.1 Å². The van der Waals surface area contributed by atoms with Gasteiger partial charge in [-0.3, -0.25) is 0 Å². The van der Waals surface area contributed by atoms with Gasteiger partial charge in [0.1, 0.15) is 6.61 Å². The molecule has 1 N–H and O–H groups in total. The largest absolute Gasteiger partial charge is 0.478 e. The van der Waals surface area contributed by atoms with Gasteiger partial charge in [0, 0.05) is 12.1 Å². The number of carbonyl (C=O) groups is 1. The molecule has 1 aromatic rings. The van der Waals surface area contributed by atoms with Gasteiger partial charge in [-0.15, -0.1) is 0 Å². The maximum atomic E-state index is 10.9. The Morgan fingerprint density at radius 3 is 2.77 bits per heavy atom. The van der Waals surface area contributed by atoms with Crippen molar-refractivity contribution < 1.29 is 19.5 Å². The highest BCUT2D eigenvalue weighted by atomic mass is 16.6. The lowest BCUT2D eigenvalue weighted by Gasteiger charge is -2.24. The zero-order chi connectivity index (χ0) is 18.4. The molecule has 2 saturated heterocycles. The Hall–Kier alpha value is -1.88. The molecule has 142 valence electrons. The van der Waals surface area contributed by atoms with Crippen molar-refractivity contribution in [3.63, 3.8) is 0 Å². The lowest BCUT2D eigenvalue weighted by atomic mass is 9.77. The van der Waals surface area contributed by atoms with Crippen LogP contribution in [0.25, 0.3) is 0 Å². The fourth-order valence-electron chi connectivity index (χ4n) is 4.13. The zero-order valence-electron chi connectivity index (χ0n) is 15.5. The number of nitrogens with zero attached hydrogens (tertiary/aromatic N) is 1. The van der Waals surface area contributed by atoms with Crippen LogP contribution in [0.4, 0.5) is 0 Å². The number of aromatic carboxylic acids is 1. The minimum Gasteiger partial charge on any atom is -0.478 e. The zero-order valence-corrected chi connectivity index (χ0v) is 15.5. The first kappa shape index (κ1) is 18.9. The summed E-state index contributed by atoms with van der Waals surface area (Å²) in [6.45, 7) is 2.86. The molecule has 0 spiro atoms. The van der Waals surface area contributed by atoms with E-state index in [1.807, 2.05) is 18.3 Å². The van der Waals surface area contributed by atoms with Crippen molar-refractivity contribution in [1.82, 2.24) is 0 Å². The fraction of sp³-hybridized carbons (Fsp3) is 0.619. The molecule has 0 amide bonds. The average molecular weight is 359 g/mol. The lowest BCUT2D eigenvalue weighted by molar-refractivity contribution is 0.0697. The Balaban J connectivity index is 1.51. The summed E-state index contributed by atoms with van der Waals surface area (Å²) in [5, 5.41) is 13.2. The van der Waals surface area contributed by atoms with Crippen LogP contribution in [-0.4, -0.2) is 36.1 Å². The van der Waals surface area contributed by atoms with Gasteiger partial charge >= 0.3 is 5.97 Å². The van der Waals surface area contributed by atoms with Crippen LogP contribution >= 0.6 is 0 Å². The van der Waals surface area contributed by atoms with Gasteiger partial charge in [-0.1, -0.05) is 37.1 Å². The number of carboxylic acid groups (broad SMARTS) is 1. The Labute approximate surface area is 155 Å². The molecule has 2 bridgehead atoms. The highest BCUT2D eigenvalue weighted by Gasteiger charge is 2.47. The van der Waals surface area contributed by atoms with E-state index in [1.165, 1.54) is 18.4 Å². The van der Waals surface area contributed by atoms with Crippen molar-refractivity contribution in [2.45, 2.75) is 64.1 Å². The Morgan fingerprint density at radius 2 is 2.04 bits per heavy atom. The van der Waals surface area contributed by atoms with Gasteiger partial charge in [-0.05, 0) is 55.7 Å². The molecule has 4 atom stereocenters. The molecule has 2 fully saturated rings. The molecular formula is C21H29NO4. The van der Waals surface area contributed by atoms with Crippen molar-refractivity contribution >= 4 is 12.2 Å². The van der Waals surface area contributed by atoms with Crippen molar-refractivity contribution in [3.05, 3.63) is 35.4 Å². The molecule has 0 aromatic heterocycles. The summed E-state index contributed by atoms with van der Waals surface area (Å²) in [4.78, 5) is 16.4. The van der Waals surface area contributed by atoms with Crippen molar-refractivity contribution in [2.24, 2.45) is 17.0 Å². The van der Waals surface area contributed by atoms with Crippen LogP contribution in [0, 0.1) is 11.8 Å². The number of aryl methyl sites for hydroxylation is 1. The van der Waals surface area contributed by atoms with Crippen LogP contribution < -0.4 is 0 Å². The quantitative estimate of drug-likeness (QED) is 0.384. The van der Waals surface area contributed by atoms with Crippen molar-refractivity contribution in [3.8, 4) is 0 Å². The average Bonchev–Trinajstić information content (AvgIpc) is 3.25. The highest BCUT2D eigenvalue weighted by Crippen LogP contribution is 2.44. The van der Waals surface area contributed by atoms with E-state index in [0.717, 1.165) is 32.1 Å². The number of unbranched alkanes of at least 4 members (excludes halogenated alkanes) is 2. The van der Waals surface area contributed by atoms with E-state index >= 15 is 0 Å². The monoisotopic (exact) mass is 359 g/mol. The molecule has 2 aliphatic heterocycles.